The zero-order chi connectivity index (χ0) is 19.4. The molecule has 2 aliphatic heterocycles. The molecule has 7 nitrogen and oxygen atoms in total. The summed E-state index contributed by atoms with van der Waals surface area (Å²) in [5.41, 5.74) is 1.92. The number of ether oxygens (including phenoxy) is 1. The number of likely N-dealkylation sites (N-methyl/N-ethyl adjacent to an activating group) is 1. The highest BCUT2D eigenvalue weighted by Crippen LogP contribution is 2.29. The average molecular weight is 437 g/mol. The highest BCUT2D eigenvalue weighted by molar-refractivity contribution is 9.10. The summed E-state index contributed by atoms with van der Waals surface area (Å²) in [5, 5.41) is 5.71. The Hall–Kier alpha value is -1.90. The standard InChI is InChI=1S/C19H25BrN4O3/c1-3-27-18(25)16-15(12-24-9-7-23(2)8-10-24)21-19(26)22-17(16)13-5-4-6-14(20)11-13/h4-6,11,17H,3,7-10,12H2,1-2H3,(H2,21,22,26)/t17-/m1/s1. The molecule has 0 bridgehead atoms. The summed E-state index contributed by atoms with van der Waals surface area (Å²) < 4.78 is 6.19. The number of nitrogens with one attached hydrogen (secondary N) is 2. The SMILES string of the molecule is CCOC(=O)C1=C(CN2CCN(C)CC2)NC(=O)N[C@@H]1c1cccc(Br)c1. The third-order valence-corrected chi connectivity index (χ3v) is 5.30. The first-order valence-corrected chi connectivity index (χ1v) is 9.91. The number of esters is 1. The van der Waals surface area contributed by atoms with Crippen molar-refractivity contribution in [1.82, 2.24) is 20.4 Å². The molecule has 2 amide bonds. The maximum absolute atomic E-state index is 12.8. The average Bonchev–Trinajstić information content (AvgIpc) is 2.63. The molecule has 0 spiro atoms. The van der Waals surface area contributed by atoms with Crippen molar-refractivity contribution in [3.63, 3.8) is 0 Å². The number of halogens is 1. The lowest BCUT2D eigenvalue weighted by Crippen LogP contribution is -2.51. The second-order valence-corrected chi connectivity index (χ2v) is 7.69. The molecule has 146 valence electrons. The van der Waals surface area contributed by atoms with Crippen LogP contribution < -0.4 is 10.6 Å². The van der Waals surface area contributed by atoms with Crippen LogP contribution in [0.5, 0.6) is 0 Å². The molecule has 2 heterocycles. The van der Waals surface area contributed by atoms with E-state index in [1.165, 1.54) is 0 Å². The van der Waals surface area contributed by atoms with E-state index in [2.05, 4.69) is 43.4 Å². The van der Waals surface area contributed by atoms with Crippen molar-refractivity contribution < 1.29 is 14.3 Å². The minimum absolute atomic E-state index is 0.281. The second-order valence-electron chi connectivity index (χ2n) is 6.78. The van der Waals surface area contributed by atoms with Crippen LogP contribution in [0.4, 0.5) is 4.79 Å². The summed E-state index contributed by atoms with van der Waals surface area (Å²) >= 11 is 3.46. The third kappa shape index (κ3) is 4.88. The molecule has 0 radical (unpaired) electrons. The molecular formula is C19H25BrN4O3. The topological polar surface area (TPSA) is 73.9 Å². The molecule has 1 aromatic rings. The van der Waals surface area contributed by atoms with Gasteiger partial charge >= 0.3 is 12.0 Å². The zero-order valence-corrected chi connectivity index (χ0v) is 17.2. The fourth-order valence-electron chi connectivity index (χ4n) is 3.36. The molecule has 1 fully saturated rings. The van der Waals surface area contributed by atoms with Crippen LogP contribution in [0.2, 0.25) is 0 Å². The van der Waals surface area contributed by atoms with Crippen LogP contribution in [0.3, 0.4) is 0 Å². The van der Waals surface area contributed by atoms with E-state index in [4.69, 9.17) is 4.74 Å². The fourth-order valence-corrected chi connectivity index (χ4v) is 3.78. The van der Waals surface area contributed by atoms with Gasteiger partial charge in [-0.05, 0) is 31.7 Å². The van der Waals surface area contributed by atoms with Gasteiger partial charge in [0.25, 0.3) is 0 Å². The van der Waals surface area contributed by atoms with Crippen molar-refractivity contribution in [3.8, 4) is 0 Å². The van der Waals surface area contributed by atoms with Crippen molar-refractivity contribution in [2.45, 2.75) is 13.0 Å². The predicted octanol–water partition coefficient (Wildman–Crippen LogP) is 1.87. The lowest BCUT2D eigenvalue weighted by Gasteiger charge is -2.35. The molecule has 0 aromatic heterocycles. The van der Waals surface area contributed by atoms with Gasteiger partial charge < -0.3 is 20.3 Å². The summed E-state index contributed by atoms with van der Waals surface area (Å²) in [4.78, 5) is 29.6. The summed E-state index contributed by atoms with van der Waals surface area (Å²) in [6.45, 7) is 6.28. The lowest BCUT2D eigenvalue weighted by atomic mass is 9.95. The molecule has 1 atom stereocenters. The molecular weight excluding hydrogens is 412 g/mol. The van der Waals surface area contributed by atoms with Crippen molar-refractivity contribution in [1.29, 1.82) is 0 Å². The number of urea groups is 1. The zero-order valence-electron chi connectivity index (χ0n) is 15.6. The van der Waals surface area contributed by atoms with Gasteiger partial charge in [0.1, 0.15) is 0 Å². The largest absolute Gasteiger partial charge is 0.463 e. The minimum atomic E-state index is -0.544. The molecule has 2 N–H and O–H groups in total. The summed E-state index contributed by atoms with van der Waals surface area (Å²) in [7, 11) is 2.09. The number of rotatable bonds is 5. The van der Waals surface area contributed by atoms with E-state index in [1.807, 2.05) is 24.3 Å². The van der Waals surface area contributed by atoms with Crippen LogP contribution in [-0.4, -0.2) is 68.2 Å². The predicted molar refractivity (Wildman–Crippen MR) is 106 cm³/mol. The smallest absolute Gasteiger partial charge is 0.338 e. The van der Waals surface area contributed by atoms with Gasteiger partial charge in [-0.1, -0.05) is 28.1 Å². The summed E-state index contributed by atoms with van der Waals surface area (Å²) in [6.07, 6.45) is 0. The molecule has 3 rings (SSSR count). The van der Waals surface area contributed by atoms with Crippen molar-refractivity contribution >= 4 is 27.9 Å². The van der Waals surface area contributed by atoms with Crippen LogP contribution in [-0.2, 0) is 9.53 Å². The van der Waals surface area contributed by atoms with Gasteiger partial charge in [0.2, 0.25) is 0 Å². The summed E-state index contributed by atoms with van der Waals surface area (Å²) in [5.74, 6) is -0.404. The first-order chi connectivity index (χ1) is 13.0. The maximum Gasteiger partial charge on any atom is 0.338 e. The van der Waals surface area contributed by atoms with Gasteiger partial charge in [-0.3, -0.25) is 4.90 Å². The number of hydrogen-bond acceptors (Lipinski definition) is 5. The Balaban J connectivity index is 1.95. The second kappa shape index (κ2) is 8.86. The maximum atomic E-state index is 12.8. The van der Waals surface area contributed by atoms with E-state index < -0.39 is 12.0 Å². The molecule has 0 aliphatic carbocycles. The Kier molecular flexibility index (Phi) is 6.51. The highest BCUT2D eigenvalue weighted by Gasteiger charge is 2.34. The van der Waals surface area contributed by atoms with Gasteiger partial charge in [-0.25, -0.2) is 9.59 Å². The molecule has 0 saturated carbocycles. The van der Waals surface area contributed by atoms with Gasteiger partial charge in [0, 0.05) is 42.9 Å². The normalized spacial score (nSPS) is 21.6. The van der Waals surface area contributed by atoms with Gasteiger partial charge in [-0.2, -0.15) is 0 Å². The Morgan fingerprint density at radius 2 is 2.04 bits per heavy atom. The Labute approximate surface area is 167 Å². The Morgan fingerprint density at radius 1 is 1.30 bits per heavy atom. The van der Waals surface area contributed by atoms with Crippen LogP contribution in [0.15, 0.2) is 40.0 Å². The van der Waals surface area contributed by atoms with E-state index >= 15 is 0 Å². The van der Waals surface area contributed by atoms with Gasteiger partial charge in [0.05, 0.1) is 18.2 Å². The minimum Gasteiger partial charge on any atom is -0.463 e. The fraction of sp³-hybridized carbons (Fsp3) is 0.474. The third-order valence-electron chi connectivity index (χ3n) is 4.81. The molecule has 1 aromatic carbocycles. The first-order valence-electron chi connectivity index (χ1n) is 9.12. The van der Waals surface area contributed by atoms with Crippen LogP contribution in [0.25, 0.3) is 0 Å². The first kappa shape index (κ1) is 19.9. The van der Waals surface area contributed by atoms with E-state index in [1.54, 1.807) is 6.92 Å². The number of nitrogens with zero attached hydrogens (tertiary/aromatic N) is 2. The van der Waals surface area contributed by atoms with Gasteiger partial charge in [0.15, 0.2) is 0 Å². The quantitative estimate of drug-likeness (QED) is 0.689. The van der Waals surface area contributed by atoms with E-state index in [0.717, 1.165) is 36.2 Å². The number of hydrogen-bond donors (Lipinski definition) is 2. The molecule has 0 unspecified atom stereocenters. The molecule has 27 heavy (non-hydrogen) atoms. The lowest BCUT2D eigenvalue weighted by molar-refractivity contribution is -0.139. The monoisotopic (exact) mass is 436 g/mol. The van der Waals surface area contributed by atoms with Crippen molar-refractivity contribution in [2.75, 3.05) is 46.4 Å². The number of carbonyl (C=O) groups excluding carboxylic acids is 2. The van der Waals surface area contributed by atoms with E-state index in [9.17, 15) is 9.59 Å². The molecule has 8 heteroatoms. The van der Waals surface area contributed by atoms with Crippen molar-refractivity contribution in [2.24, 2.45) is 0 Å². The highest BCUT2D eigenvalue weighted by atomic mass is 79.9. The number of piperazine rings is 1. The number of amides is 2. The Bertz CT molecular complexity index is 744. The van der Waals surface area contributed by atoms with Gasteiger partial charge in [-0.15, -0.1) is 0 Å². The summed E-state index contributed by atoms with van der Waals surface area (Å²) in [6, 6.07) is 6.74. The van der Waals surface area contributed by atoms with Crippen LogP contribution in [0.1, 0.15) is 18.5 Å². The molecule has 1 saturated heterocycles. The van der Waals surface area contributed by atoms with Crippen LogP contribution in [0, 0.1) is 0 Å². The van der Waals surface area contributed by atoms with E-state index in [-0.39, 0.29) is 12.6 Å². The van der Waals surface area contributed by atoms with E-state index in [0.29, 0.717) is 17.8 Å². The number of benzene rings is 1. The van der Waals surface area contributed by atoms with Crippen molar-refractivity contribution in [3.05, 3.63) is 45.6 Å². The van der Waals surface area contributed by atoms with Crippen LogP contribution >= 0.6 is 15.9 Å². The number of carbonyl (C=O) groups is 2. The molecule has 2 aliphatic rings. The Morgan fingerprint density at radius 3 is 2.70 bits per heavy atom.